The van der Waals surface area contributed by atoms with Crippen molar-refractivity contribution >= 4 is 17.6 Å². The molecule has 0 amide bonds. The number of hydrogen-bond acceptors (Lipinski definition) is 1. The van der Waals surface area contributed by atoms with Gasteiger partial charge in [0.15, 0.2) is 0 Å². The van der Waals surface area contributed by atoms with Crippen molar-refractivity contribution in [2.45, 2.75) is 31.1 Å². The zero-order valence-electron chi connectivity index (χ0n) is 8.90. The highest BCUT2D eigenvalue weighted by Crippen LogP contribution is 2.36. The van der Waals surface area contributed by atoms with Crippen LogP contribution in [0.1, 0.15) is 31.7 Å². The Morgan fingerprint density at radius 1 is 1.47 bits per heavy atom. The van der Waals surface area contributed by atoms with Gasteiger partial charge in [0.05, 0.1) is 0 Å². The van der Waals surface area contributed by atoms with E-state index in [-0.39, 0.29) is 5.92 Å². The maximum Gasteiger partial charge on any atom is 0.325 e. The third-order valence-corrected chi connectivity index (χ3v) is 3.61. The first kappa shape index (κ1) is 12.1. The third kappa shape index (κ3) is 2.32. The van der Waals surface area contributed by atoms with Gasteiger partial charge in [0.25, 0.3) is 0 Å². The molecule has 1 rings (SSSR count). The molecule has 0 aliphatic heterocycles. The van der Waals surface area contributed by atoms with Gasteiger partial charge in [-0.1, -0.05) is 44.2 Å². The van der Waals surface area contributed by atoms with Gasteiger partial charge in [0.2, 0.25) is 0 Å². The van der Waals surface area contributed by atoms with Crippen molar-refractivity contribution in [2.75, 3.05) is 0 Å². The van der Waals surface area contributed by atoms with Crippen molar-refractivity contribution in [3.8, 4) is 0 Å². The Balaban J connectivity index is 3.02. The van der Waals surface area contributed by atoms with Gasteiger partial charge in [-0.3, -0.25) is 4.79 Å². The molecule has 0 saturated carbocycles. The van der Waals surface area contributed by atoms with Crippen molar-refractivity contribution in [3.63, 3.8) is 0 Å². The van der Waals surface area contributed by atoms with Crippen LogP contribution in [-0.4, -0.2) is 16.0 Å². The summed E-state index contributed by atoms with van der Waals surface area (Å²) in [6.07, 6.45) is 0.403. The number of halogens is 1. The van der Waals surface area contributed by atoms with E-state index < -0.39 is 10.8 Å². The number of carboxylic acids is 1. The first-order valence-electron chi connectivity index (χ1n) is 4.99. The highest BCUT2D eigenvalue weighted by atomic mass is 35.5. The summed E-state index contributed by atoms with van der Waals surface area (Å²) in [4.78, 5) is 9.93. The molecule has 2 atom stereocenters. The summed E-state index contributed by atoms with van der Waals surface area (Å²) in [5.74, 6) is -1.16. The third-order valence-electron chi connectivity index (χ3n) is 2.86. The van der Waals surface area contributed by atoms with Crippen molar-refractivity contribution in [3.05, 3.63) is 35.9 Å². The van der Waals surface area contributed by atoms with Crippen LogP contribution < -0.4 is 0 Å². The van der Waals surface area contributed by atoms with Crippen molar-refractivity contribution in [1.82, 2.24) is 0 Å². The average Bonchev–Trinajstić information content (AvgIpc) is 2.28. The van der Waals surface area contributed by atoms with Gasteiger partial charge in [-0.15, -0.1) is 11.6 Å². The zero-order valence-corrected chi connectivity index (χ0v) is 9.66. The van der Waals surface area contributed by atoms with E-state index in [4.69, 9.17) is 16.7 Å². The van der Waals surface area contributed by atoms with E-state index in [1.54, 1.807) is 6.92 Å². The summed E-state index contributed by atoms with van der Waals surface area (Å²) < 4.78 is 0. The van der Waals surface area contributed by atoms with Crippen LogP contribution in [0.2, 0.25) is 0 Å². The maximum absolute atomic E-state index is 11.1. The summed E-state index contributed by atoms with van der Waals surface area (Å²) in [5, 5.41) is 9.13. The largest absolute Gasteiger partial charge is 0.480 e. The van der Waals surface area contributed by atoms with Crippen LogP contribution in [0.15, 0.2) is 30.3 Å². The predicted molar refractivity (Wildman–Crippen MR) is 61.4 cm³/mol. The normalized spacial score (nSPS) is 16.7. The molecule has 1 aromatic carbocycles. The fraction of sp³-hybridized carbons (Fsp3) is 0.417. The molecule has 0 fully saturated rings. The van der Waals surface area contributed by atoms with Gasteiger partial charge in [-0.25, -0.2) is 0 Å². The smallest absolute Gasteiger partial charge is 0.325 e. The summed E-state index contributed by atoms with van der Waals surface area (Å²) >= 11 is 6.14. The Hall–Kier alpha value is -1.02. The molecule has 0 bridgehead atoms. The average molecular weight is 227 g/mol. The van der Waals surface area contributed by atoms with Crippen LogP contribution in [0.3, 0.4) is 0 Å². The highest BCUT2D eigenvalue weighted by molar-refractivity contribution is 6.34. The Labute approximate surface area is 94.9 Å². The lowest BCUT2D eigenvalue weighted by Gasteiger charge is -2.28. The Morgan fingerprint density at radius 3 is 2.40 bits per heavy atom. The Bertz CT molecular complexity index is 337. The fourth-order valence-electron chi connectivity index (χ4n) is 1.65. The standard InChI is InChI=1S/C12H15ClO2/c1-3-12(13,11(14)15)9(2)10-7-5-4-6-8-10/h4-9H,3H2,1-2H3,(H,14,15). The number of aliphatic carboxylic acids is 1. The molecule has 0 aliphatic carbocycles. The topological polar surface area (TPSA) is 37.3 Å². The second-order valence-corrected chi connectivity index (χ2v) is 4.33. The summed E-state index contributed by atoms with van der Waals surface area (Å²) in [7, 11) is 0. The highest BCUT2D eigenvalue weighted by Gasteiger charge is 2.40. The minimum absolute atomic E-state index is 0.206. The van der Waals surface area contributed by atoms with Crippen LogP contribution in [0.5, 0.6) is 0 Å². The molecule has 1 aromatic rings. The van der Waals surface area contributed by atoms with E-state index in [1.807, 2.05) is 37.3 Å². The van der Waals surface area contributed by atoms with Crippen LogP contribution in [-0.2, 0) is 4.79 Å². The molecule has 0 radical (unpaired) electrons. The molecule has 0 saturated heterocycles. The lowest BCUT2D eigenvalue weighted by Crippen LogP contribution is -2.37. The van der Waals surface area contributed by atoms with Crippen molar-refractivity contribution in [2.24, 2.45) is 0 Å². The SMILES string of the molecule is CCC(Cl)(C(=O)O)C(C)c1ccccc1. The Morgan fingerprint density at radius 2 is 2.00 bits per heavy atom. The lowest BCUT2D eigenvalue weighted by molar-refractivity contribution is -0.140. The number of carbonyl (C=O) groups is 1. The van der Waals surface area contributed by atoms with Gasteiger partial charge < -0.3 is 5.11 Å². The van der Waals surface area contributed by atoms with Crippen LogP contribution in [0, 0.1) is 0 Å². The maximum atomic E-state index is 11.1. The van der Waals surface area contributed by atoms with Crippen molar-refractivity contribution < 1.29 is 9.90 Å². The van der Waals surface area contributed by atoms with Gasteiger partial charge in [-0.05, 0) is 12.0 Å². The van der Waals surface area contributed by atoms with Gasteiger partial charge in [0.1, 0.15) is 4.87 Å². The van der Waals surface area contributed by atoms with Crippen LogP contribution in [0.25, 0.3) is 0 Å². The number of benzene rings is 1. The summed E-state index contributed by atoms with van der Waals surface area (Å²) in [6, 6.07) is 9.49. The van der Waals surface area contributed by atoms with E-state index in [0.717, 1.165) is 5.56 Å². The molecule has 0 heterocycles. The number of alkyl halides is 1. The van der Waals surface area contributed by atoms with E-state index in [9.17, 15) is 4.79 Å². The predicted octanol–water partition coefficient (Wildman–Crippen LogP) is 3.26. The fourth-order valence-corrected chi connectivity index (χ4v) is 1.77. The number of carboxylic acid groups (broad SMARTS) is 1. The molecule has 2 unspecified atom stereocenters. The molecule has 15 heavy (non-hydrogen) atoms. The number of rotatable bonds is 4. The Kier molecular flexibility index (Phi) is 3.75. The molecular formula is C12H15ClO2. The van der Waals surface area contributed by atoms with E-state index in [0.29, 0.717) is 6.42 Å². The summed E-state index contributed by atoms with van der Waals surface area (Å²) in [6.45, 7) is 3.64. The van der Waals surface area contributed by atoms with Crippen LogP contribution >= 0.6 is 11.6 Å². The molecule has 0 aliphatic rings. The second kappa shape index (κ2) is 4.67. The molecule has 3 heteroatoms. The number of hydrogen-bond donors (Lipinski definition) is 1. The van der Waals surface area contributed by atoms with Gasteiger partial charge in [0, 0.05) is 5.92 Å². The first-order valence-corrected chi connectivity index (χ1v) is 5.37. The second-order valence-electron chi connectivity index (χ2n) is 3.65. The molecular weight excluding hydrogens is 212 g/mol. The van der Waals surface area contributed by atoms with Gasteiger partial charge >= 0.3 is 5.97 Å². The van der Waals surface area contributed by atoms with E-state index in [2.05, 4.69) is 0 Å². The van der Waals surface area contributed by atoms with E-state index in [1.165, 1.54) is 0 Å². The molecule has 2 nitrogen and oxygen atoms in total. The lowest BCUT2D eigenvalue weighted by atomic mass is 9.85. The minimum atomic E-state index is -1.21. The molecule has 0 spiro atoms. The molecule has 0 aromatic heterocycles. The minimum Gasteiger partial charge on any atom is -0.480 e. The quantitative estimate of drug-likeness (QED) is 0.801. The monoisotopic (exact) mass is 226 g/mol. The summed E-state index contributed by atoms with van der Waals surface area (Å²) in [5.41, 5.74) is 0.955. The zero-order chi connectivity index (χ0) is 11.5. The van der Waals surface area contributed by atoms with Crippen LogP contribution in [0.4, 0.5) is 0 Å². The van der Waals surface area contributed by atoms with Crippen molar-refractivity contribution in [1.29, 1.82) is 0 Å². The molecule has 82 valence electrons. The van der Waals surface area contributed by atoms with E-state index >= 15 is 0 Å². The van der Waals surface area contributed by atoms with Gasteiger partial charge in [-0.2, -0.15) is 0 Å². The molecule has 1 N–H and O–H groups in total. The first-order chi connectivity index (χ1) is 7.02.